The summed E-state index contributed by atoms with van der Waals surface area (Å²) < 4.78 is 5.61. The molecule has 2 rings (SSSR count). The summed E-state index contributed by atoms with van der Waals surface area (Å²) in [6, 6.07) is 0.259. The summed E-state index contributed by atoms with van der Waals surface area (Å²) in [6.07, 6.45) is 3.41. The monoisotopic (exact) mass is 333 g/mol. The summed E-state index contributed by atoms with van der Waals surface area (Å²) in [4.78, 5) is 16.9. The van der Waals surface area contributed by atoms with Crippen LogP contribution in [-0.2, 0) is 9.53 Å². The number of carbonyl (C=O) groups is 1. The largest absolute Gasteiger partial charge is 0.376 e. The maximum absolute atomic E-state index is 12.4. The molecule has 130 valence electrons. The Morgan fingerprint density at radius 1 is 1.32 bits per heavy atom. The van der Waals surface area contributed by atoms with E-state index in [0.717, 1.165) is 52.0 Å². The quantitative estimate of drug-likeness (QED) is 0.847. The lowest BCUT2D eigenvalue weighted by atomic mass is 9.96. The normalized spacial score (nSPS) is 27.1. The topological polar surface area (TPSA) is 58.8 Å². The molecule has 2 N–H and O–H groups in total. The second kappa shape index (κ2) is 9.06. The zero-order valence-electron chi connectivity index (χ0n) is 14.2. The van der Waals surface area contributed by atoms with Gasteiger partial charge in [-0.25, -0.2) is 0 Å². The molecule has 0 aromatic rings. The van der Waals surface area contributed by atoms with E-state index in [1.54, 1.807) is 0 Å². The van der Waals surface area contributed by atoms with Crippen LogP contribution in [0.25, 0.3) is 0 Å². The van der Waals surface area contributed by atoms with Crippen molar-refractivity contribution >= 4 is 18.3 Å². The van der Waals surface area contributed by atoms with E-state index in [-0.39, 0.29) is 30.3 Å². The zero-order valence-corrected chi connectivity index (χ0v) is 15.0. The molecule has 0 saturated carbocycles. The lowest BCUT2D eigenvalue weighted by Crippen LogP contribution is -2.54. The number of rotatable bonds is 4. The van der Waals surface area contributed by atoms with Gasteiger partial charge in [0.25, 0.3) is 0 Å². The maximum Gasteiger partial charge on any atom is 0.239 e. The molecule has 22 heavy (non-hydrogen) atoms. The summed E-state index contributed by atoms with van der Waals surface area (Å²) in [5.74, 6) is 0.397. The van der Waals surface area contributed by atoms with Crippen molar-refractivity contribution in [3.63, 3.8) is 0 Å². The number of carbonyl (C=O) groups excluding carboxylic acids is 1. The minimum Gasteiger partial charge on any atom is -0.376 e. The number of morpholine rings is 1. The second-order valence-corrected chi connectivity index (χ2v) is 6.64. The minimum absolute atomic E-state index is 0. The van der Waals surface area contributed by atoms with Gasteiger partial charge < -0.3 is 15.4 Å². The molecule has 3 unspecified atom stereocenters. The first-order chi connectivity index (χ1) is 10.0. The highest BCUT2D eigenvalue weighted by Gasteiger charge is 2.31. The van der Waals surface area contributed by atoms with Crippen LogP contribution in [0.3, 0.4) is 0 Å². The van der Waals surface area contributed by atoms with E-state index in [0.29, 0.717) is 12.1 Å². The van der Waals surface area contributed by atoms with Gasteiger partial charge in [0.2, 0.25) is 5.91 Å². The predicted octanol–water partition coefficient (Wildman–Crippen LogP) is 1.49. The Kier molecular flexibility index (Phi) is 8.11. The molecule has 2 saturated heterocycles. The molecule has 0 spiro atoms. The first-order valence-electron chi connectivity index (χ1n) is 8.43. The lowest BCUT2D eigenvalue weighted by Gasteiger charge is -2.42. The fourth-order valence-electron chi connectivity index (χ4n) is 3.34. The molecule has 0 bridgehead atoms. The van der Waals surface area contributed by atoms with E-state index in [1.807, 2.05) is 4.90 Å². The van der Waals surface area contributed by atoms with Crippen molar-refractivity contribution in [2.24, 2.45) is 11.7 Å². The van der Waals surface area contributed by atoms with Gasteiger partial charge in [0.05, 0.1) is 18.8 Å². The molecule has 2 aliphatic rings. The standard InChI is InChI=1S/C16H31N3O2.ClH/c1-4-12(2)15(17)16(20)18-7-5-14(6-8-18)19-9-10-21-13(3)11-19;/h12-15H,4-11,17H2,1-3H3;1H. The number of hydrogen-bond acceptors (Lipinski definition) is 4. The highest BCUT2D eigenvalue weighted by Crippen LogP contribution is 2.20. The van der Waals surface area contributed by atoms with Crippen LogP contribution in [0, 0.1) is 5.92 Å². The molecule has 0 aromatic carbocycles. The van der Waals surface area contributed by atoms with Crippen molar-refractivity contribution in [3.8, 4) is 0 Å². The van der Waals surface area contributed by atoms with Crippen LogP contribution in [0.2, 0.25) is 0 Å². The summed E-state index contributed by atoms with van der Waals surface area (Å²) in [7, 11) is 0. The summed E-state index contributed by atoms with van der Waals surface area (Å²) >= 11 is 0. The number of amides is 1. The first-order valence-corrected chi connectivity index (χ1v) is 8.43. The van der Waals surface area contributed by atoms with Gasteiger partial charge in [0.15, 0.2) is 0 Å². The third kappa shape index (κ3) is 4.82. The number of halogens is 1. The third-order valence-corrected chi connectivity index (χ3v) is 5.11. The molecule has 5 nitrogen and oxygen atoms in total. The zero-order chi connectivity index (χ0) is 15.4. The predicted molar refractivity (Wildman–Crippen MR) is 91.3 cm³/mol. The van der Waals surface area contributed by atoms with Crippen molar-refractivity contribution in [2.45, 2.75) is 58.2 Å². The van der Waals surface area contributed by atoms with Gasteiger partial charge in [0, 0.05) is 32.2 Å². The highest BCUT2D eigenvalue weighted by atomic mass is 35.5. The molecule has 1 amide bonds. The fourth-order valence-corrected chi connectivity index (χ4v) is 3.34. The van der Waals surface area contributed by atoms with E-state index in [2.05, 4.69) is 25.7 Å². The van der Waals surface area contributed by atoms with E-state index in [1.165, 1.54) is 0 Å². The van der Waals surface area contributed by atoms with E-state index >= 15 is 0 Å². The number of hydrogen-bond donors (Lipinski definition) is 1. The van der Waals surface area contributed by atoms with Crippen molar-refractivity contribution < 1.29 is 9.53 Å². The average molecular weight is 334 g/mol. The van der Waals surface area contributed by atoms with Crippen LogP contribution in [0.4, 0.5) is 0 Å². The number of piperidine rings is 1. The Balaban J connectivity index is 0.00000242. The average Bonchev–Trinajstić information content (AvgIpc) is 2.53. The molecule has 0 radical (unpaired) electrons. The highest BCUT2D eigenvalue weighted by molar-refractivity contribution is 5.85. The van der Waals surface area contributed by atoms with E-state index < -0.39 is 0 Å². The van der Waals surface area contributed by atoms with Crippen LogP contribution in [0.1, 0.15) is 40.0 Å². The van der Waals surface area contributed by atoms with Crippen LogP contribution in [0.5, 0.6) is 0 Å². The SMILES string of the molecule is CCC(C)C(N)C(=O)N1CCC(N2CCOC(C)C2)CC1.Cl. The minimum atomic E-state index is -0.338. The molecule has 2 fully saturated rings. The Bertz CT molecular complexity index is 348. The van der Waals surface area contributed by atoms with Crippen LogP contribution in [-0.4, -0.2) is 66.7 Å². The van der Waals surface area contributed by atoms with Gasteiger partial charge in [-0.15, -0.1) is 12.4 Å². The molecule has 6 heteroatoms. The molecule has 2 heterocycles. The van der Waals surface area contributed by atoms with Gasteiger partial charge in [-0.3, -0.25) is 9.69 Å². The second-order valence-electron chi connectivity index (χ2n) is 6.64. The Morgan fingerprint density at radius 3 is 2.50 bits per heavy atom. The molecule has 0 aromatic heterocycles. The van der Waals surface area contributed by atoms with E-state index in [9.17, 15) is 4.79 Å². The summed E-state index contributed by atoms with van der Waals surface area (Å²) in [6.45, 7) is 10.8. The molecule has 3 atom stereocenters. The number of nitrogens with zero attached hydrogens (tertiary/aromatic N) is 2. The number of ether oxygens (including phenoxy) is 1. The van der Waals surface area contributed by atoms with Crippen LogP contribution >= 0.6 is 12.4 Å². The number of nitrogens with two attached hydrogens (primary N) is 1. The molecule has 2 aliphatic heterocycles. The Hall–Kier alpha value is -0.360. The molecular weight excluding hydrogens is 302 g/mol. The van der Waals surface area contributed by atoms with Crippen LogP contribution in [0.15, 0.2) is 0 Å². The fraction of sp³-hybridized carbons (Fsp3) is 0.938. The van der Waals surface area contributed by atoms with Crippen molar-refractivity contribution in [1.29, 1.82) is 0 Å². The first kappa shape index (κ1) is 19.7. The Labute approximate surface area is 140 Å². The van der Waals surface area contributed by atoms with Crippen LogP contribution < -0.4 is 5.73 Å². The molecule has 0 aliphatic carbocycles. The van der Waals surface area contributed by atoms with Gasteiger partial charge in [-0.1, -0.05) is 20.3 Å². The van der Waals surface area contributed by atoms with Gasteiger partial charge >= 0.3 is 0 Å². The summed E-state index contributed by atoms with van der Waals surface area (Å²) in [5, 5.41) is 0. The number of likely N-dealkylation sites (tertiary alicyclic amines) is 1. The summed E-state index contributed by atoms with van der Waals surface area (Å²) in [5.41, 5.74) is 6.08. The van der Waals surface area contributed by atoms with Crippen molar-refractivity contribution in [1.82, 2.24) is 9.80 Å². The lowest BCUT2D eigenvalue weighted by molar-refractivity contribution is -0.135. The van der Waals surface area contributed by atoms with Gasteiger partial charge in [-0.05, 0) is 25.7 Å². The van der Waals surface area contributed by atoms with E-state index in [4.69, 9.17) is 10.5 Å². The van der Waals surface area contributed by atoms with Crippen molar-refractivity contribution in [3.05, 3.63) is 0 Å². The Morgan fingerprint density at radius 2 is 1.95 bits per heavy atom. The molecular formula is C16H32ClN3O2. The smallest absolute Gasteiger partial charge is 0.239 e. The van der Waals surface area contributed by atoms with Crippen molar-refractivity contribution in [2.75, 3.05) is 32.8 Å². The third-order valence-electron chi connectivity index (χ3n) is 5.11. The maximum atomic E-state index is 12.4. The van der Waals surface area contributed by atoms with Gasteiger partial charge in [0.1, 0.15) is 0 Å². The van der Waals surface area contributed by atoms with Gasteiger partial charge in [-0.2, -0.15) is 0 Å².